The van der Waals surface area contributed by atoms with Crippen LogP contribution in [0.2, 0.25) is 0 Å². The molecule has 1 amide bonds. The standard InChI is InChI=1S/C19H17N5O3/c1-3-24-18-14(10-22-24)8-15(11(2)23-18)19(26)27-16(17(21)25)13-6-4-12(9-20)5-7-13/h4-8,10,16H,3H2,1-2H3,(H2,21,25). The second-order valence-electron chi connectivity index (χ2n) is 5.92. The number of nitrogens with two attached hydrogens (primary N) is 1. The molecule has 1 unspecified atom stereocenters. The van der Waals surface area contributed by atoms with E-state index in [0.29, 0.717) is 34.4 Å². The highest BCUT2D eigenvalue weighted by Gasteiger charge is 2.25. The number of carbonyl (C=O) groups excluding carboxylic acids is 2. The summed E-state index contributed by atoms with van der Waals surface area (Å²) >= 11 is 0. The number of ether oxygens (including phenoxy) is 1. The molecule has 0 spiro atoms. The van der Waals surface area contributed by atoms with Crippen LogP contribution in [0.1, 0.15) is 40.2 Å². The van der Waals surface area contributed by atoms with Crippen molar-refractivity contribution in [3.63, 3.8) is 0 Å². The zero-order valence-electron chi connectivity index (χ0n) is 14.8. The van der Waals surface area contributed by atoms with Crippen LogP contribution in [0.15, 0.2) is 36.5 Å². The summed E-state index contributed by atoms with van der Waals surface area (Å²) in [5.74, 6) is -1.52. The first-order valence-corrected chi connectivity index (χ1v) is 8.28. The van der Waals surface area contributed by atoms with Crippen LogP contribution in [0, 0.1) is 18.3 Å². The second kappa shape index (κ2) is 7.25. The van der Waals surface area contributed by atoms with Crippen LogP contribution in [0.4, 0.5) is 0 Å². The summed E-state index contributed by atoms with van der Waals surface area (Å²) in [6, 6.07) is 9.72. The molecule has 8 nitrogen and oxygen atoms in total. The van der Waals surface area contributed by atoms with Gasteiger partial charge in [-0.05, 0) is 32.0 Å². The molecule has 0 fully saturated rings. The van der Waals surface area contributed by atoms with Crippen LogP contribution < -0.4 is 5.73 Å². The third-order valence-electron chi connectivity index (χ3n) is 4.15. The van der Waals surface area contributed by atoms with Crippen molar-refractivity contribution in [1.82, 2.24) is 14.8 Å². The lowest BCUT2D eigenvalue weighted by Crippen LogP contribution is -2.26. The van der Waals surface area contributed by atoms with Gasteiger partial charge in [0.15, 0.2) is 5.65 Å². The molecule has 2 aromatic heterocycles. The number of fused-ring (bicyclic) bond motifs is 1. The molecule has 136 valence electrons. The topological polar surface area (TPSA) is 124 Å². The van der Waals surface area contributed by atoms with E-state index >= 15 is 0 Å². The number of benzene rings is 1. The van der Waals surface area contributed by atoms with Crippen LogP contribution in [0.3, 0.4) is 0 Å². The van der Waals surface area contributed by atoms with Gasteiger partial charge >= 0.3 is 5.97 Å². The van der Waals surface area contributed by atoms with Gasteiger partial charge in [-0.3, -0.25) is 4.79 Å². The SMILES string of the molecule is CCn1ncc2cc(C(=O)OC(C(N)=O)c3ccc(C#N)cc3)c(C)nc21. The number of aryl methyl sites for hydroxylation is 2. The highest BCUT2D eigenvalue weighted by atomic mass is 16.5. The molecule has 0 saturated carbocycles. The lowest BCUT2D eigenvalue weighted by Gasteiger charge is -2.16. The predicted octanol–water partition coefficient (Wildman–Crippen LogP) is 2.01. The number of nitrogens with zero attached hydrogens (tertiary/aromatic N) is 4. The van der Waals surface area contributed by atoms with Gasteiger partial charge in [-0.1, -0.05) is 12.1 Å². The molecule has 2 N–H and O–H groups in total. The number of hydrogen-bond acceptors (Lipinski definition) is 6. The molecule has 0 bridgehead atoms. The Labute approximate surface area is 155 Å². The van der Waals surface area contributed by atoms with E-state index in [1.54, 1.807) is 23.9 Å². The van der Waals surface area contributed by atoms with Gasteiger partial charge in [0, 0.05) is 17.5 Å². The molecule has 8 heteroatoms. The number of primary amides is 1. The fourth-order valence-electron chi connectivity index (χ4n) is 2.73. The molecule has 0 saturated heterocycles. The number of aromatic nitrogens is 3. The van der Waals surface area contributed by atoms with Gasteiger partial charge in [0.1, 0.15) is 0 Å². The number of nitriles is 1. The third-order valence-corrected chi connectivity index (χ3v) is 4.15. The van der Waals surface area contributed by atoms with Gasteiger partial charge < -0.3 is 10.5 Å². The van der Waals surface area contributed by atoms with E-state index in [4.69, 9.17) is 15.7 Å². The Morgan fingerprint density at radius 3 is 2.63 bits per heavy atom. The Morgan fingerprint density at radius 2 is 2.04 bits per heavy atom. The third kappa shape index (κ3) is 3.48. The monoisotopic (exact) mass is 363 g/mol. The molecule has 1 atom stereocenters. The maximum absolute atomic E-state index is 12.6. The van der Waals surface area contributed by atoms with Crippen molar-refractivity contribution < 1.29 is 14.3 Å². The molecular formula is C19H17N5O3. The number of carbonyl (C=O) groups is 2. The van der Waals surface area contributed by atoms with Gasteiger partial charge in [0.25, 0.3) is 5.91 Å². The van der Waals surface area contributed by atoms with E-state index < -0.39 is 18.0 Å². The Bertz CT molecular complexity index is 1060. The van der Waals surface area contributed by atoms with Crippen molar-refractivity contribution in [2.45, 2.75) is 26.5 Å². The van der Waals surface area contributed by atoms with Crippen LogP contribution in [-0.4, -0.2) is 26.6 Å². The van der Waals surface area contributed by atoms with Crippen molar-refractivity contribution in [3.8, 4) is 6.07 Å². The van der Waals surface area contributed by atoms with Crippen LogP contribution >= 0.6 is 0 Å². The lowest BCUT2D eigenvalue weighted by molar-refractivity contribution is -0.127. The van der Waals surface area contributed by atoms with Crippen LogP contribution in [0.5, 0.6) is 0 Å². The lowest BCUT2D eigenvalue weighted by atomic mass is 10.1. The van der Waals surface area contributed by atoms with Crippen molar-refractivity contribution in [1.29, 1.82) is 5.26 Å². The fourth-order valence-corrected chi connectivity index (χ4v) is 2.73. The van der Waals surface area contributed by atoms with Crippen molar-refractivity contribution >= 4 is 22.9 Å². The van der Waals surface area contributed by atoms with E-state index in [2.05, 4.69) is 10.1 Å². The fraction of sp³-hybridized carbons (Fsp3) is 0.211. The number of hydrogen-bond donors (Lipinski definition) is 1. The molecular weight excluding hydrogens is 346 g/mol. The first-order chi connectivity index (χ1) is 12.9. The molecule has 3 rings (SSSR count). The van der Waals surface area contributed by atoms with E-state index in [1.807, 2.05) is 13.0 Å². The Balaban J connectivity index is 1.92. The largest absolute Gasteiger partial charge is 0.444 e. The van der Waals surface area contributed by atoms with E-state index in [-0.39, 0.29) is 5.56 Å². The molecule has 0 radical (unpaired) electrons. The smallest absolute Gasteiger partial charge is 0.341 e. The zero-order valence-corrected chi connectivity index (χ0v) is 14.8. The molecule has 0 aliphatic carbocycles. The Hall–Kier alpha value is -3.73. The zero-order chi connectivity index (χ0) is 19.6. The summed E-state index contributed by atoms with van der Waals surface area (Å²) < 4.78 is 7.08. The van der Waals surface area contributed by atoms with Crippen molar-refractivity contribution in [3.05, 3.63) is 58.9 Å². The highest BCUT2D eigenvalue weighted by Crippen LogP contribution is 2.22. The summed E-state index contributed by atoms with van der Waals surface area (Å²) in [4.78, 5) is 28.9. The molecule has 27 heavy (non-hydrogen) atoms. The van der Waals surface area contributed by atoms with Gasteiger partial charge in [-0.2, -0.15) is 10.4 Å². The molecule has 2 heterocycles. The van der Waals surface area contributed by atoms with E-state index in [9.17, 15) is 9.59 Å². The molecule has 1 aromatic carbocycles. The van der Waals surface area contributed by atoms with Crippen molar-refractivity contribution in [2.75, 3.05) is 0 Å². The highest BCUT2D eigenvalue weighted by molar-refractivity contribution is 5.96. The number of rotatable bonds is 5. The number of esters is 1. The van der Waals surface area contributed by atoms with Crippen molar-refractivity contribution in [2.24, 2.45) is 5.73 Å². The summed E-state index contributed by atoms with van der Waals surface area (Å²) in [5.41, 5.74) is 7.59. The average Bonchev–Trinajstić information content (AvgIpc) is 3.07. The van der Waals surface area contributed by atoms with Crippen LogP contribution in [0.25, 0.3) is 11.0 Å². The summed E-state index contributed by atoms with van der Waals surface area (Å²) in [6.07, 6.45) is 0.354. The quantitative estimate of drug-likeness (QED) is 0.692. The molecule has 0 aliphatic heterocycles. The van der Waals surface area contributed by atoms with Gasteiger partial charge in [-0.25, -0.2) is 14.5 Å². The van der Waals surface area contributed by atoms with Crippen LogP contribution in [-0.2, 0) is 16.1 Å². The Morgan fingerprint density at radius 1 is 1.33 bits per heavy atom. The minimum absolute atomic E-state index is 0.234. The predicted molar refractivity (Wildman–Crippen MR) is 96.4 cm³/mol. The van der Waals surface area contributed by atoms with Gasteiger partial charge in [0.05, 0.1) is 29.1 Å². The van der Waals surface area contributed by atoms with E-state index in [0.717, 1.165) is 0 Å². The maximum atomic E-state index is 12.6. The average molecular weight is 363 g/mol. The van der Waals surface area contributed by atoms with E-state index in [1.165, 1.54) is 24.3 Å². The summed E-state index contributed by atoms with van der Waals surface area (Å²) in [5, 5.41) is 13.8. The normalized spacial score (nSPS) is 11.7. The maximum Gasteiger partial charge on any atom is 0.341 e. The minimum atomic E-state index is -1.27. The second-order valence-corrected chi connectivity index (χ2v) is 5.92. The first kappa shape index (κ1) is 18.1. The Kier molecular flexibility index (Phi) is 4.86. The van der Waals surface area contributed by atoms with Gasteiger partial charge in [0.2, 0.25) is 6.10 Å². The minimum Gasteiger partial charge on any atom is -0.444 e. The first-order valence-electron chi connectivity index (χ1n) is 8.28. The summed E-state index contributed by atoms with van der Waals surface area (Å²) in [6.45, 7) is 4.28. The molecule has 3 aromatic rings. The number of amides is 1. The molecule has 0 aliphatic rings. The summed E-state index contributed by atoms with van der Waals surface area (Å²) in [7, 11) is 0. The number of pyridine rings is 1. The van der Waals surface area contributed by atoms with Gasteiger partial charge in [-0.15, -0.1) is 0 Å².